The molecule has 206 valence electrons. The minimum absolute atomic E-state index is 0.248. The molecule has 0 aliphatic carbocycles. The summed E-state index contributed by atoms with van der Waals surface area (Å²) < 4.78 is 0. The van der Waals surface area contributed by atoms with Gasteiger partial charge >= 0.3 is 6.03 Å². The van der Waals surface area contributed by atoms with E-state index in [2.05, 4.69) is 0 Å². The number of urea groups is 1. The fraction of sp³-hybridized carbons (Fsp3) is 0.242. The van der Waals surface area contributed by atoms with Gasteiger partial charge in [0, 0.05) is 23.1 Å². The van der Waals surface area contributed by atoms with Crippen molar-refractivity contribution in [1.82, 2.24) is 9.80 Å². The summed E-state index contributed by atoms with van der Waals surface area (Å²) in [5.74, 6) is 0. The van der Waals surface area contributed by atoms with Crippen LogP contribution in [0.25, 0.3) is 0 Å². The van der Waals surface area contributed by atoms with Gasteiger partial charge < -0.3 is 20.0 Å². The molecule has 4 aromatic rings. The summed E-state index contributed by atoms with van der Waals surface area (Å²) in [6, 6.07) is 32.6. The summed E-state index contributed by atoms with van der Waals surface area (Å²) in [4.78, 5) is 18.0. The van der Waals surface area contributed by atoms with Gasteiger partial charge in [0.05, 0.1) is 12.1 Å². The summed E-state index contributed by atoms with van der Waals surface area (Å²) in [5.41, 5.74) is 3.70. The smallest absolute Gasteiger partial charge is 0.321 e. The molecule has 1 saturated heterocycles. The van der Waals surface area contributed by atoms with Crippen molar-refractivity contribution in [3.05, 3.63) is 141 Å². The van der Waals surface area contributed by atoms with Crippen molar-refractivity contribution in [3.8, 4) is 0 Å². The molecule has 0 spiro atoms. The molecule has 40 heavy (non-hydrogen) atoms. The predicted octanol–water partition coefficient (Wildman–Crippen LogP) is 6.38. The molecule has 0 radical (unpaired) electrons. The van der Waals surface area contributed by atoms with Gasteiger partial charge in [0.1, 0.15) is 12.2 Å². The first-order chi connectivity index (χ1) is 19.4. The third-order valence-corrected chi connectivity index (χ3v) is 8.04. The van der Waals surface area contributed by atoms with Gasteiger partial charge in [-0.05, 0) is 59.4 Å². The number of carbonyl (C=O) groups is 1. The lowest BCUT2D eigenvalue weighted by Gasteiger charge is -2.36. The molecule has 5 nitrogen and oxygen atoms in total. The van der Waals surface area contributed by atoms with E-state index in [1.54, 1.807) is 34.1 Å². The summed E-state index contributed by atoms with van der Waals surface area (Å²) >= 11 is 12.3. The Morgan fingerprint density at radius 1 is 0.525 bits per heavy atom. The third kappa shape index (κ3) is 6.68. The topological polar surface area (TPSA) is 64.0 Å². The number of halogens is 2. The van der Waals surface area contributed by atoms with Crippen LogP contribution < -0.4 is 0 Å². The molecule has 0 bridgehead atoms. The SMILES string of the molecule is O=C1N(Cc2ccc(Cl)cc2)[C@H](Cc2ccccc2)[C@H](O)[C@@H](O)[C@@H](Cc2ccccc2)N1Cc1ccc(Cl)cc1. The Bertz CT molecular complexity index is 1280. The minimum Gasteiger partial charge on any atom is -0.388 e. The van der Waals surface area contributed by atoms with Crippen LogP contribution in [-0.4, -0.2) is 50.3 Å². The minimum atomic E-state index is -1.18. The Morgan fingerprint density at radius 2 is 0.875 bits per heavy atom. The van der Waals surface area contributed by atoms with Gasteiger partial charge in [-0.15, -0.1) is 0 Å². The molecule has 7 heteroatoms. The molecule has 4 atom stereocenters. The first-order valence-electron chi connectivity index (χ1n) is 13.4. The van der Waals surface area contributed by atoms with Crippen LogP contribution in [0.5, 0.6) is 0 Å². The first-order valence-corrected chi connectivity index (χ1v) is 14.1. The van der Waals surface area contributed by atoms with Crippen molar-refractivity contribution >= 4 is 29.2 Å². The zero-order chi connectivity index (χ0) is 28.1. The van der Waals surface area contributed by atoms with Crippen LogP contribution in [0.1, 0.15) is 22.3 Å². The van der Waals surface area contributed by atoms with Gasteiger partial charge in [-0.25, -0.2) is 4.79 Å². The molecule has 0 aromatic heterocycles. The number of benzene rings is 4. The van der Waals surface area contributed by atoms with E-state index in [4.69, 9.17) is 23.2 Å². The number of nitrogens with zero attached hydrogens (tertiary/aromatic N) is 2. The Labute approximate surface area is 245 Å². The third-order valence-electron chi connectivity index (χ3n) is 7.54. The highest BCUT2D eigenvalue weighted by Gasteiger charge is 2.46. The van der Waals surface area contributed by atoms with Gasteiger partial charge in [-0.3, -0.25) is 0 Å². The Morgan fingerprint density at radius 3 is 1.23 bits per heavy atom. The second-order valence-electron chi connectivity index (χ2n) is 10.3. The average molecular weight is 576 g/mol. The Balaban J connectivity index is 1.57. The molecule has 1 heterocycles. The normalized spacial score (nSPS) is 21.4. The van der Waals surface area contributed by atoms with E-state index in [-0.39, 0.29) is 19.1 Å². The average Bonchev–Trinajstić information content (AvgIpc) is 3.03. The first kappa shape index (κ1) is 28.2. The van der Waals surface area contributed by atoms with Crippen molar-refractivity contribution in [3.63, 3.8) is 0 Å². The second-order valence-corrected chi connectivity index (χ2v) is 11.2. The van der Waals surface area contributed by atoms with Crippen LogP contribution >= 0.6 is 23.2 Å². The molecule has 0 saturated carbocycles. The summed E-state index contributed by atoms with van der Waals surface area (Å²) in [7, 11) is 0. The van der Waals surface area contributed by atoms with Crippen LogP contribution in [0.3, 0.4) is 0 Å². The fourth-order valence-corrected chi connectivity index (χ4v) is 5.64. The maximum Gasteiger partial charge on any atom is 0.321 e. The lowest BCUT2D eigenvalue weighted by molar-refractivity contribution is -0.0408. The summed E-state index contributed by atoms with van der Waals surface area (Å²) in [6.07, 6.45) is -1.57. The van der Waals surface area contributed by atoms with E-state index in [1.165, 1.54) is 0 Å². The quantitative estimate of drug-likeness (QED) is 0.257. The molecular weight excluding hydrogens is 543 g/mol. The van der Waals surface area contributed by atoms with E-state index in [0.29, 0.717) is 22.9 Å². The number of aliphatic hydroxyl groups excluding tert-OH is 2. The fourth-order valence-electron chi connectivity index (χ4n) is 5.39. The number of rotatable bonds is 8. The Kier molecular flexibility index (Phi) is 9.08. The lowest BCUT2D eigenvalue weighted by atomic mass is 9.91. The van der Waals surface area contributed by atoms with Crippen molar-refractivity contribution in [2.45, 2.75) is 50.2 Å². The van der Waals surface area contributed by atoms with Crippen molar-refractivity contribution in [2.75, 3.05) is 0 Å². The highest BCUT2D eigenvalue weighted by atomic mass is 35.5. The van der Waals surface area contributed by atoms with Crippen LogP contribution in [0.15, 0.2) is 109 Å². The standard InChI is InChI=1S/C33H32Cl2N2O3/c34-27-15-11-25(12-16-27)21-36-29(19-23-7-3-1-4-8-23)31(38)32(39)30(20-24-9-5-2-6-10-24)37(33(36)40)22-26-13-17-28(35)18-14-26/h1-18,29-32,38-39H,19-22H2/t29-,30-,31+,32+/m1/s1. The molecule has 4 aromatic carbocycles. The largest absolute Gasteiger partial charge is 0.388 e. The van der Waals surface area contributed by atoms with E-state index in [1.807, 2.05) is 84.9 Å². The van der Waals surface area contributed by atoms with Crippen molar-refractivity contribution in [2.24, 2.45) is 0 Å². The molecule has 5 rings (SSSR count). The second kappa shape index (κ2) is 12.9. The van der Waals surface area contributed by atoms with Crippen molar-refractivity contribution in [1.29, 1.82) is 0 Å². The number of carbonyl (C=O) groups excluding carboxylic acids is 1. The van der Waals surface area contributed by atoms with E-state index >= 15 is 0 Å². The Hall–Kier alpha value is -3.35. The highest BCUT2D eigenvalue weighted by Crippen LogP contribution is 2.30. The van der Waals surface area contributed by atoms with E-state index in [0.717, 1.165) is 22.3 Å². The predicted molar refractivity (Wildman–Crippen MR) is 159 cm³/mol. The maximum absolute atomic E-state index is 14.6. The molecule has 2 amide bonds. The van der Waals surface area contributed by atoms with Gasteiger partial charge in [0.2, 0.25) is 0 Å². The molecule has 1 aliphatic rings. The zero-order valence-corrected chi connectivity index (χ0v) is 23.5. The number of aliphatic hydroxyl groups is 2. The monoisotopic (exact) mass is 574 g/mol. The van der Waals surface area contributed by atoms with Gasteiger partial charge in [0.25, 0.3) is 0 Å². The van der Waals surface area contributed by atoms with Gasteiger partial charge in [-0.1, -0.05) is 108 Å². The summed E-state index contributed by atoms with van der Waals surface area (Å²) in [5, 5.41) is 24.7. The van der Waals surface area contributed by atoms with E-state index < -0.39 is 24.3 Å². The number of hydrogen-bond donors (Lipinski definition) is 2. The molecule has 0 unspecified atom stereocenters. The number of amides is 2. The molecule has 1 fully saturated rings. The highest BCUT2D eigenvalue weighted by molar-refractivity contribution is 6.30. The van der Waals surface area contributed by atoms with Crippen LogP contribution in [0, 0.1) is 0 Å². The van der Waals surface area contributed by atoms with Gasteiger partial charge in [-0.2, -0.15) is 0 Å². The lowest BCUT2D eigenvalue weighted by Crippen LogP contribution is -2.50. The maximum atomic E-state index is 14.6. The van der Waals surface area contributed by atoms with Gasteiger partial charge in [0.15, 0.2) is 0 Å². The van der Waals surface area contributed by atoms with Crippen molar-refractivity contribution < 1.29 is 15.0 Å². The number of hydrogen-bond acceptors (Lipinski definition) is 3. The van der Waals surface area contributed by atoms with E-state index in [9.17, 15) is 15.0 Å². The molecule has 2 N–H and O–H groups in total. The molecule has 1 aliphatic heterocycles. The molecular formula is C33H32Cl2N2O3. The van der Waals surface area contributed by atoms with Crippen LogP contribution in [0.4, 0.5) is 4.79 Å². The van der Waals surface area contributed by atoms with Crippen LogP contribution in [-0.2, 0) is 25.9 Å². The summed E-state index contributed by atoms with van der Waals surface area (Å²) in [6.45, 7) is 0.513. The van der Waals surface area contributed by atoms with Crippen LogP contribution in [0.2, 0.25) is 10.0 Å². The zero-order valence-electron chi connectivity index (χ0n) is 22.0.